The second kappa shape index (κ2) is 4.71. The average Bonchev–Trinajstić information content (AvgIpc) is 2.63. The van der Waals surface area contributed by atoms with Gasteiger partial charge in [0.1, 0.15) is 28.6 Å². The summed E-state index contributed by atoms with van der Waals surface area (Å²) in [6.45, 7) is 5.59. The van der Waals surface area contributed by atoms with Gasteiger partial charge < -0.3 is 9.73 Å². The van der Waals surface area contributed by atoms with Crippen molar-refractivity contribution in [3.05, 3.63) is 34.9 Å². The highest BCUT2D eigenvalue weighted by Gasteiger charge is 2.12. The van der Waals surface area contributed by atoms with Gasteiger partial charge in [-0.3, -0.25) is 0 Å². The average molecular weight is 253 g/mol. The molecule has 0 amide bonds. The van der Waals surface area contributed by atoms with Crippen molar-refractivity contribution < 1.29 is 4.42 Å². The number of nitrogens with zero attached hydrogens (tertiary/aromatic N) is 3. The zero-order valence-corrected chi connectivity index (χ0v) is 10.6. The minimum atomic E-state index is -0.0749. The highest BCUT2D eigenvalue weighted by molar-refractivity contribution is 6.29. The lowest BCUT2D eigenvalue weighted by atomic mass is 10.3. The van der Waals surface area contributed by atoms with E-state index in [4.69, 9.17) is 16.0 Å². The van der Waals surface area contributed by atoms with Gasteiger partial charge in [-0.05, 0) is 20.8 Å². The van der Waals surface area contributed by atoms with Gasteiger partial charge in [0.05, 0.1) is 6.20 Å². The third-order valence-corrected chi connectivity index (χ3v) is 2.37. The Bertz CT molecular complexity index is 506. The Hall–Kier alpha value is -1.62. The van der Waals surface area contributed by atoms with Gasteiger partial charge in [0.25, 0.3) is 0 Å². The summed E-state index contributed by atoms with van der Waals surface area (Å²) in [6, 6.07) is 1.59. The molecule has 2 heterocycles. The zero-order chi connectivity index (χ0) is 12.4. The maximum Gasteiger partial charge on any atom is 0.216 e. The summed E-state index contributed by atoms with van der Waals surface area (Å²) in [5.41, 5.74) is 0. The van der Waals surface area contributed by atoms with E-state index in [1.54, 1.807) is 19.2 Å². The standard InChI is InChI=1S/C11H13ClN4O/c1-6-5-13-11(17-6)7(2)14-10-4-9(12)15-8(3)16-10/h4-5,7H,1-3H3,(H,14,15,16). The molecule has 1 atom stereocenters. The van der Waals surface area contributed by atoms with E-state index in [1.807, 2.05) is 13.8 Å². The van der Waals surface area contributed by atoms with Gasteiger partial charge in [-0.2, -0.15) is 0 Å². The minimum Gasteiger partial charge on any atom is -0.444 e. The van der Waals surface area contributed by atoms with Crippen molar-refractivity contribution in [2.75, 3.05) is 5.32 Å². The Balaban J connectivity index is 2.15. The van der Waals surface area contributed by atoms with Crippen molar-refractivity contribution >= 4 is 17.4 Å². The lowest BCUT2D eigenvalue weighted by molar-refractivity contribution is 0.453. The number of oxazole rings is 1. The van der Waals surface area contributed by atoms with E-state index < -0.39 is 0 Å². The van der Waals surface area contributed by atoms with Crippen LogP contribution in [0.4, 0.5) is 5.82 Å². The third kappa shape index (κ3) is 2.94. The Labute approximate surface area is 104 Å². The molecule has 0 aliphatic heterocycles. The van der Waals surface area contributed by atoms with Gasteiger partial charge in [-0.25, -0.2) is 15.0 Å². The summed E-state index contributed by atoms with van der Waals surface area (Å²) in [5.74, 6) is 2.68. The monoisotopic (exact) mass is 252 g/mol. The number of aromatic nitrogens is 3. The van der Waals surface area contributed by atoms with E-state index in [2.05, 4.69) is 20.3 Å². The first kappa shape index (κ1) is 11.9. The van der Waals surface area contributed by atoms with Crippen LogP contribution in [0.2, 0.25) is 5.15 Å². The van der Waals surface area contributed by atoms with Gasteiger partial charge in [-0.1, -0.05) is 11.6 Å². The maximum atomic E-state index is 5.85. The maximum absolute atomic E-state index is 5.85. The molecular weight excluding hydrogens is 240 g/mol. The van der Waals surface area contributed by atoms with E-state index in [0.29, 0.717) is 22.7 Å². The number of rotatable bonds is 3. The lowest BCUT2D eigenvalue weighted by Gasteiger charge is -2.11. The third-order valence-electron chi connectivity index (χ3n) is 2.18. The number of nitrogens with one attached hydrogen (secondary N) is 1. The molecule has 17 heavy (non-hydrogen) atoms. The number of aryl methyl sites for hydroxylation is 2. The summed E-state index contributed by atoms with van der Waals surface area (Å²) >= 11 is 5.85. The van der Waals surface area contributed by atoms with Crippen LogP contribution in [-0.2, 0) is 0 Å². The van der Waals surface area contributed by atoms with Crippen LogP contribution in [0, 0.1) is 13.8 Å². The smallest absolute Gasteiger partial charge is 0.216 e. The van der Waals surface area contributed by atoms with Crippen LogP contribution in [0.25, 0.3) is 0 Å². The Morgan fingerprint density at radius 2 is 2.12 bits per heavy atom. The van der Waals surface area contributed by atoms with Crippen LogP contribution in [0.1, 0.15) is 30.4 Å². The molecular formula is C11H13ClN4O. The molecule has 0 aromatic carbocycles. The van der Waals surface area contributed by atoms with E-state index >= 15 is 0 Å². The first-order chi connectivity index (χ1) is 8.04. The normalized spacial score (nSPS) is 12.5. The van der Waals surface area contributed by atoms with Gasteiger partial charge >= 0.3 is 0 Å². The van der Waals surface area contributed by atoms with Gasteiger partial charge in [-0.15, -0.1) is 0 Å². The second-order valence-corrected chi connectivity index (χ2v) is 4.19. The minimum absolute atomic E-state index is 0.0749. The van der Waals surface area contributed by atoms with Crippen molar-refractivity contribution in [3.63, 3.8) is 0 Å². The van der Waals surface area contributed by atoms with Crippen LogP contribution in [0.3, 0.4) is 0 Å². The summed E-state index contributed by atoms with van der Waals surface area (Å²) in [7, 11) is 0. The molecule has 90 valence electrons. The molecule has 6 heteroatoms. The molecule has 1 unspecified atom stereocenters. The lowest BCUT2D eigenvalue weighted by Crippen LogP contribution is -2.09. The number of halogens is 1. The van der Waals surface area contributed by atoms with Crippen LogP contribution < -0.4 is 5.32 Å². The van der Waals surface area contributed by atoms with Crippen molar-refractivity contribution in [2.24, 2.45) is 0 Å². The van der Waals surface area contributed by atoms with Crippen LogP contribution in [0.15, 0.2) is 16.7 Å². The largest absolute Gasteiger partial charge is 0.444 e. The Morgan fingerprint density at radius 3 is 2.71 bits per heavy atom. The number of hydrogen-bond donors (Lipinski definition) is 1. The molecule has 5 nitrogen and oxygen atoms in total. The topological polar surface area (TPSA) is 63.8 Å². The molecule has 0 aliphatic rings. The summed E-state index contributed by atoms with van der Waals surface area (Å²) in [5, 5.41) is 3.57. The van der Waals surface area contributed by atoms with E-state index in [0.717, 1.165) is 5.76 Å². The highest BCUT2D eigenvalue weighted by Crippen LogP contribution is 2.19. The van der Waals surface area contributed by atoms with Crippen LogP contribution >= 0.6 is 11.6 Å². The van der Waals surface area contributed by atoms with E-state index in [-0.39, 0.29) is 6.04 Å². The summed E-state index contributed by atoms with van der Waals surface area (Å²) in [4.78, 5) is 12.4. The first-order valence-electron chi connectivity index (χ1n) is 5.24. The molecule has 0 fully saturated rings. The second-order valence-electron chi connectivity index (χ2n) is 3.80. The summed E-state index contributed by atoms with van der Waals surface area (Å²) in [6.07, 6.45) is 1.69. The molecule has 0 saturated carbocycles. The van der Waals surface area contributed by atoms with Crippen LogP contribution in [-0.4, -0.2) is 15.0 Å². The fourth-order valence-electron chi connectivity index (χ4n) is 1.46. The van der Waals surface area contributed by atoms with Gasteiger partial charge in [0.15, 0.2) is 0 Å². The van der Waals surface area contributed by atoms with Crippen molar-refractivity contribution in [1.82, 2.24) is 15.0 Å². The highest BCUT2D eigenvalue weighted by atomic mass is 35.5. The fourth-order valence-corrected chi connectivity index (χ4v) is 1.69. The Kier molecular flexibility index (Phi) is 3.28. The number of hydrogen-bond acceptors (Lipinski definition) is 5. The predicted octanol–water partition coefficient (Wildman–Crippen LogP) is 2.91. The molecule has 1 N–H and O–H groups in total. The molecule has 0 spiro atoms. The van der Waals surface area contributed by atoms with Gasteiger partial charge in [0, 0.05) is 6.07 Å². The predicted molar refractivity (Wildman–Crippen MR) is 65.1 cm³/mol. The molecule has 0 radical (unpaired) electrons. The van der Waals surface area contributed by atoms with Crippen molar-refractivity contribution in [1.29, 1.82) is 0 Å². The molecule has 2 aromatic heterocycles. The Morgan fingerprint density at radius 1 is 1.35 bits per heavy atom. The molecule has 2 aromatic rings. The van der Waals surface area contributed by atoms with Crippen molar-refractivity contribution in [3.8, 4) is 0 Å². The summed E-state index contributed by atoms with van der Waals surface area (Å²) < 4.78 is 5.43. The number of anilines is 1. The van der Waals surface area contributed by atoms with E-state index in [1.165, 1.54) is 0 Å². The molecule has 0 bridgehead atoms. The van der Waals surface area contributed by atoms with Crippen LogP contribution in [0.5, 0.6) is 0 Å². The molecule has 0 aliphatic carbocycles. The quantitative estimate of drug-likeness (QED) is 0.851. The van der Waals surface area contributed by atoms with Crippen molar-refractivity contribution in [2.45, 2.75) is 26.8 Å². The zero-order valence-electron chi connectivity index (χ0n) is 9.86. The fraction of sp³-hybridized carbons (Fsp3) is 0.364. The van der Waals surface area contributed by atoms with E-state index in [9.17, 15) is 0 Å². The first-order valence-corrected chi connectivity index (χ1v) is 5.62. The molecule has 2 rings (SSSR count). The SMILES string of the molecule is Cc1nc(Cl)cc(NC(C)c2ncc(C)o2)n1. The molecule has 0 saturated heterocycles. The van der Waals surface area contributed by atoms with Gasteiger partial charge in [0.2, 0.25) is 5.89 Å².